The minimum Gasteiger partial charge on any atom is -0.385 e. The molecular formula is C10H10BrF3O. The Hall–Kier alpha value is -0.550. The Morgan fingerprint density at radius 1 is 1.20 bits per heavy atom. The van der Waals surface area contributed by atoms with Crippen LogP contribution in [0.15, 0.2) is 28.7 Å². The van der Waals surface area contributed by atoms with Crippen LogP contribution in [0, 0.1) is 0 Å². The Labute approximate surface area is 94.0 Å². The number of aliphatic hydroxyl groups is 1. The van der Waals surface area contributed by atoms with E-state index in [0.29, 0.717) is 0 Å². The van der Waals surface area contributed by atoms with Crippen molar-refractivity contribution in [3.05, 3.63) is 34.3 Å². The lowest BCUT2D eigenvalue weighted by molar-refractivity contribution is -0.174. The largest absolute Gasteiger partial charge is 0.392 e. The highest BCUT2D eigenvalue weighted by Gasteiger charge is 2.39. The first-order chi connectivity index (χ1) is 6.71. The molecule has 1 atom stereocenters. The summed E-state index contributed by atoms with van der Waals surface area (Å²) >= 11 is 3.17. The second-order valence-electron chi connectivity index (χ2n) is 3.57. The van der Waals surface area contributed by atoms with Gasteiger partial charge in [-0.25, -0.2) is 0 Å². The maximum Gasteiger partial charge on any atom is 0.392 e. The van der Waals surface area contributed by atoms with Gasteiger partial charge in [-0.3, -0.25) is 0 Å². The van der Waals surface area contributed by atoms with Crippen molar-refractivity contribution in [1.29, 1.82) is 0 Å². The van der Waals surface area contributed by atoms with E-state index < -0.39 is 18.2 Å². The molecule has 5 heteroatoms. The Balaban J connectivity index is 2.90. The van der Waals surface area contributed by atoms with Crippen LogP contribution in [0.3, 0.4) is 0 Å². The Bertz CT molecular complexity index is 330. The van der Waals surface area contributed by atoms with Crippen molar-refractivity contribution in [1.82, 2.24) is 0 Å². The van der Waals surface area contributed by atoms with Crippen LogP contribution in [-0.2, 0) is 5.60 Å². The molecule has 0 heterocycles. The minimum absolute atomic E-state index is 0.253. The molecule has 15 heavy (non-hydrogen) atoms. The number of hydrogen-bond acceptors (Lipinski definition) is 1. The minimum atomic E-state index is -4.38. The van der Waals surface area contributed by atoms with Gasteiger partial charge in [0.25, 0.3) is 0 Å². The van der Waals surface area contributed by atoms with Gasteiger partial charge in [0, 0.05) is 4.47 Å². The topological polar surface area (TPSA) is 20.2 Å². The number of benzene rings is 1. The quantitative estimate of drug-likeness (QED) is 0.879. The molecule has 1 rings (SSSR count). The summed E-state index contributed by atoms with van der Waals surface area (Å²) in [6.45, 7) is 1.16. The summed E-state index contributed by atoms with van der Waals surface area (Å²) in [6.07, 6.45) is -5.63. The van der Waals surface area contributed by atoms with Crippen LogP contribution < -0.4 is 0 Å². The molecule has 0 amide bonds. The molecule has 0 aliphatic carbocycles. The SMILES string of the molecule is C[C@@](O)(CC(F)(F)F)c1ccc(Br)cc1. The lowest BCUT2D eigenvalue weighted by Crippen LogP contribution is -2.28. The third-order valence-electron chi connectivity index (χ3n) is 2.01. The summed E-state index contributed by atoms with van der Waals surface area (Å²) in [5.41, 5.74) is -1.62. The number of hydrogen-bond donors (Lipinski definition) is 1. The fraction of sp³-hybridized carbons (Fsp3) is 0.400. The molecule has 1 nitrogen and oxygen atoms in total. The van der Waals surface area contributed by atoms with Crippen LogP contribution in [-0.4, -0.2) is 11.3 Å². The Morgan fingerprint density at radius 3 is 2.07 bits per heavy atom. The van der Waals surface area contributed by atoms with Crippen LogP contribution in [0.25, 0.3) is 0 Å². The molecule has 1 N–H and O–H groups in total. The van der Waals surface area contributed by atoms with E-state index >= 15 is 0 Å². The maximum absolute atomic E-state index is 12.1. The van der Waals surface area contributed by atoms with Crippen molar-refractivity contribution in [2.75, 3.05) is 0 Å². The van der Waals surface area contributed by atoms with Gasteiger partial charge < -0.3 is 5.11 Å². The van der Waals surface area contributed by atoms with E-state index in [1.807, 2.05) is 0 Å². The standard InChI is InChI=1S/C10H10BrF3O/c1-9(15,6-10(12,13)14)7-2-4-8(11)5-3-7/h2-5,15H,6H2,1H3/t9-/m1/s1. The monoisotopic (exact) mass is 282 g/mol. The smallest absolute Gasteiger partial charge is 0.385 e. The van der Waals surface area contributed by atoms with E-state index in [2.05, 4.69) is 15.9 Å². The molecule has 0 aliphatic rings. The van der Waals surface area contributed by atoms with Gasteiger partial charge in [0.1, 0.15) is 0 Å². The van der Waals surface area contributed by atoms with Gasteiger partial charge in [-0.15, -0.1) is 0 Å². The predicted molar refractivity (Wildman–Crippen MR) is 54.4 cm³/mol. The van der Waals surface area contributed by atoms with Gasteiger partial charge >= 0.3 is 6.18 Å². The summed E-state index contributed by atoms with van der Waals surface area (Å²) in [5.74, 6) is 0. The third kappa shape index (κ3) is 3.83. The fourth-order valence-corrected chi connectivity index (χ4v) is 1.57. The van der Waals surface area contributed by atoms with Crippen molar-refractivity contribution in [2.24, 2.45) is 0 Å². The highest BCUT2D eigenvalue weighted by Crippen LogP contribution is 2.34. The van der Waals surface area contributed by atoms with Crippen molar-refractivity contribution in [3.63, 3.8) is 0 Å². The fourth-order valence-electron chi connectivity index (χ4n) is 1.30. The molecule has 84 valence electrons. The average molecular weight is 283 g/mol. The first-order valence-corrected chi connectivity index (χ1v) is 5.05. The number of rotatable bonds is 2. The van der Waals surface area contributed by atoms with Crippen LogP contribution in [0.5, 0.6) is 0 Å². The van der Waals surface area contributed by atoms with Crippen molar-refractivity contribution in [2.45, 2.75) is 25.1 Å². The molecule has 0 aliphatic heterocycles. The van der Waals surface area contributed by atoms with Crippen LogP contribution >= 0.6 is 15.9 Å². The highest BCUT2D eigenvalue weighted by atomic mass is 79.9. The normalized spacial score (nSPS) is 16.1. The van der Waals surface area contributed by atoms with E-state index in [0.717, 1.165) is 11.4 Å². The molecular weight excluding hydrogens is 273 g/mol. The van der Waals surface area contributed by atoms with Crippen LogP contribution in [0.4, 0.5) is 13.2 Å². The van der Waals surface area contributed by atoms with Gasteiger partial charge in [-0.1, -0.05) is 28.1 Å². The first-order valence-electron chi connectivity index (χ1n) is 4.26. The molecule has 1 aromatic carbocycles. The van der Waals surface area contributed by atoms with Gasteiger partial charge in [-0.2, -0.15) is 13.2 Å². The van der Waals surface area contributed by atoms with E-state index in [9.17, 15) is 18.3 Å². The number of alkyl halides is 3. The van der Waals surface area contributed by atoms with Crippen molar-refractivity contribution < 1.29 is 18.3 Å². The van der Waals surface area contributed by atoms with E-state index in [1.54, 1.807) is 12.1 Å². The lowest BCUT2D eigenvalue weighted by atomic mass is 9.92. The molecule has 0 saturated carbocycles. The third-order valence-corrected chi connectivity index (χ3v) is 2.54. The molecule has 0 bridgehead atoms. The van der Waals surface area contributed by atoms with Crippen LogP contribution in [0.1, 0.15) is 18.9 Å². The molecule has 0 spiro atoms. The van der Waals surface area contributed by atoms with Gasteiger partial charge in [0.15, 0.2) is 0 Å². The maximum atomic E-state index is 12.1. The highest BCUT2D eigenvalue weighted by molar-refractivity contribution is 9.10. The van der Waals surface area contributed by atoms with Crippen molar-refractivity contribution >= 4 is 15.9 Å². The van der Waals surface area contributed by atoms with E-state index in [-0.39, 0.29) is 5.56 Å². The second kappa shape index (κ2) is 4.14. The van der Waals surface area contributed by atoms with Gasteiger partial charge in [0.05, 0.1) is 12.0 Å². The summed E-state index contributed by atoms with van der Waals surface area (Å²) in [4.78, 5) is 0. The Kier molecular flexibility index (Phi) is 3.45. The number of halogens is 4. The molecule has 0 aromatic heterocycles. The summed E-state index contributed by atoms with van der Waals surface area (Å²) in [7, 11) is 0. The average Bonchev–Trinajstić information content (AvgIpc) is 2.00. The van der Waals surface area contributed by atoms with E-state index in [4.69, 9.17) is 0 Å². The zero-order valence-electron chi connectivity index (χ0n) is 7.98. The Morgan fingerprint density at radius 2 is 1.67 bits per heavy atom. The molecule has 0 unspecified atom stereocenters. The summed E-state index contributed by atoms with van der Waals surface area (Å²) < 4.78 is 37.2. The summed E-state index contributed by atoms with van der Waals surface area (Å²) in [6, 6.07) is 6.13. The molecule has 0 saturated heterocycles. The molecule has 0 fully saturated rings. The lowest BCUT2D eigenvalue weighted by Gasteiger charge is -2.25. The molecule has 1 aromatic rings. The van der Waals surface area contributed by atoms with E-state index in [1.165, 1.54) is 12.1 Å². The first kappa shape index (κ1) is 12.5. The second-order valence-corrected chi connectivity index (χ2v) is 4.49. The van der Waals surface area contributed by atoms with Gasteiger partial charge in [0.2, 0.25) is 0 Å². The van der Waals surface area contributed by atoms with Crippen molar-refractivity contribution in [3.8, 4) is 0 Å². The predicted octanol–water partition coefficient (Wildman–Crippen LogP) is 3.61. The van der Waals surface area contributed by atoms with Crippen LogP contribution in [0.2, 0.25) is 0 Å². The zero-order chi connectivity index (χ0) is 11.7. The molecule has 0 radical (unpaired) electrons. The zero-order valence-corrected chi connectivity index (χ0v) is 9.56. The summed E-state index contributed by atoms with van der Waals surface area (Å²) in [5, 5.41) is 9.68. The van der Waals surface area contributed by atoms with Gasteiger partial charge in [-0.05, 0) is 24.6 Å².